The Labute approximate surface area is 147 Å². The van der Waals surface area contributed by atoms with Gasteiger partial charge in [-0.15, -0.1) is 0 Å². The van der Waals surface area contributed by atoms with Gasteiger partial charge in [0, 0.05) is 0 Å². The van der Waals surface area contributed by atoms with Gasteiger partial charge >= 0.3 is 0 Å². The molecule has 0 heterocycles. The summed E-state index contributed by atoms with van der Waals surface area (Å²) in [6, 6.07) is 12.8. The number of hydrogen-bond acceptors (Lipinski definition) is 5. The van der Waals surface area contributed by atoms with Crippen molar-refractivity contribution in [2.75, 3.05) is 20.8 Å². The number of hydrazone groups is 1. The van der Waals surface area contributed by atoms with E-state index in [9.17, 15) is 4.79 Å². The lowest BCUT2D eigenvalue weighted by molar-refractivity contribution is -0.120. The SMILES string of the molecule is CCOc1ccc(/C=N/NC(=O)Cc2ccc(OC)c(OC)c2)cc1. The van der Waals surface area contributed by atoms with E-state index in [1.807, 2.05) is 37.3 Å². The molecule has 0 aliphatic carbocycles. The topological polar surface area (TPSA) is 69.2 Å². The first-order valence-corrected chi connectivity index (χ1v) is 7.92. The Hall–Kier alpha value is -3.02. The minimum absolute atomic E-state index is 0.195. The van der Waals surface area contributed by atoms with Crippen molar-refractivity contribution >= 4 is 12.1 Å². The standard InChI is InChI=1S/C19H22N2O4/c1-4-25-16-8-5-14(6-9-16)13-20-21-19(22)12-15-7-10-17(23-2)18(11-15)24-3/h5-11,13H,4,12H2,1-3H3,(H,21,22)/b20-13+. The van der Waals surface area contributed by atoms with Gasteiger partial charge < -0.3 is 14.2 Å². The highest BCUT2D eigenvalue weighted by Crippen LogP contribution is 2.27. The van der Waals surface area contributed by atoms with Crippen LogP contribution in [-0.2, 0) is 11.2 Å². The molecule has 0 aromatic heterocycles. The molecule has 0 saturated carbocycles. The fraction of sp³-hybridized carbons (Fsp3) is 0.263. The van der Waals surface area contributed by atoms with Crippen LogP contribution in [0.25, 0.3) is 0 Å². The van der Waals surface area contributed by atoms with Crippen LogP contribution in [0.15, 0.2) is 47.6 Å². The molecule has 0 bridgehead atoms. The number of amides is 1. The first-order valence-electron chi connectivity index (χ1n) is 7.92. The number of carbonyl (C=O) groups excluding carboxylic acids is 1. The van der Waals surface area contributed by atoms with Crippen LogP contribution in [-0.4, -0.2) is 32.9 Å². The Morgan fingerprint density at radius 2 is 1.80 bits per heavy atom. The van der Waals surface area contributed by atoms with E-state index in [1.165, 1.54) is 0 Å². The second kappa shape index (κ2) is 9.32. The van der Waals surface area contributed by atoms with Crippen molar-refractivity contribution < 1.29 is 19.0 Å². The molecule has 0 atom stereocenters. The summed E-state index contributed by atoms with van der Waals surface area (Å²) in [6.45, 7) is 2.56. The molecule has 0 fully saturated rings. The minimum Gasteiger partial charge on any atom is -0.494 e. The van der Waals surface area contributed by atoms with Gasteiger partial charge in [0.1, 0.15) is 5.75 Å². The zero-order valence-electron chi connectivity index (χ0n) is 14.6. The van der Waals surface area contributed by atoms with Crippen LogP contribution in [0.5, 0.6) is 17.2 Å². The van der Waals surface area contributed by atoms with Gasteiger partial charge in [-0.3, -0.25) is 4.79 Å². The van der Waals surface area contributed by atoms with E-state index in [-0.39, 0.29) is 12.3 Å². The number of nitrogens with one attached hydrogen (secondary N) is 1. The molecule has 2 aromatic carbocycles. The van der Waals surface area contributed by atoms with E-state index in [2.05, 4.69) is 10.5 Å². The second-order valence-electron chi connectivity index (χ2n) is 5.16. The molecule has 0 saturated heterocycles. The molecular formula is C19H22N2O4. The predicted octanol–water partition coefficient (Wildman–Crippen LogP) is 2.80. The van der Waals surface area contributed by atoms with Crippen LogP contribution in [0.2, 0.25) is 0 Å². The highest BCUT2D eigenvalue weighted by molar-refractivity contribution is 5.83. The van der Waals surface area contributed by atoms with Gasteiger partial charge in [0.2, 0.25) is 5.91 Å². The average Bonchev–Trinajstić information content (AvgIpc) is 2.63. The summed E-state index contributed by atoms with van der Waals surface area (Å²) in [5.41, 5.74) is 4.19. The van der Waals surface area contributed by atoms with Crippen LogP contribution in [0.3, 0.4) is 0 Å². The summed E-state index contributed by atoms with van der Waals surface area (Å²) in [6.07, 6.45) is 1.78. The Kier molecular flexibility index (Phi) is 6.83. The lowest BCUT2D eigenvalue weighted by Crippen LogP contribution is -2.19. The molecule has 2 aromatic rings. The van der Waals surface area contributed by atoms with Crippen LogP contribution in [0.1, 0.15) is 18.1 Å². The Balaban J connectivity index is 1.89. The van der Waals surface area contributed by atoms with Gasteiger partial charge in [0.25, 0.3) is 0 Å². The Morgan fingerprint density at radius 1 is 1.08 bits per heavy atom. The van der Waals surface area contributed by atoms with Crippen molar-refractivity contribution in [2.24, 2.45) is 5.10 Å². The molecule has 25 heavy (non-hydrogen) atoms. The maximum Gasteiger partial charge on any atom is 0.244 e. The average molecular weight is 342 g/mol. The van der Waals surface area contributed by atoms with Gasteiger partial charge in [-0.1, -0.05) is 6.07 Å². The fourth-order valence-corrected chi connectivity index (χ4v) is 2.21. The maximum absolute atomic E-state index is 12.0. The van der Waals surface area contributed by atoms with Crippen molar-refractivity contribution in [1.82, 2.24) is 5.43 Å². The summed E-state index contributed by atoms with van der Waals surface area (Å²) in [7, 11) is 3.13. The van der Waals surface area contributed by atoms with Gasteiger partial charge in [0.15, 0.2) is 11.5 Å². The molecule has 0 radical (unpaired) electrons. The molecule has 1 N–H and O–H groups in total. The maximum atomic E-state index is 12.0. The smallest absolute Gasteiger partial charge is 0.244 e. The van der Waals surface area contributed by atoms with Gasteiger partial charge in [-0.2, -0.15) is 5.10 Å². The lowest BCUT2D eigenvalue weighted by Gasteiger charge is -2.09. The van der Waals surface area contributed by atoms with Crippen molar-refractivity contribution in [3.8, 4) is 17.2 Å². The molecule has 0 spiro atoms. The normalized spacial score (nSPS) is 10.5. The van der Waals surface area contributed by atoms with E-state index < -0.39 is 0 Å². The van der Waals surface area contributed by atoms with Crippen molar-refractivity contribution in [1.29, 1.82) is 0 Å². The largest absolute Gasteiger partial charge is 0.494 e. The quantitative estimate of drug-likeness (QED) is 0.592. The summed E-state index contributed by atoms with van der Waals surface area (Å²) >= 11 is 0. The second-order valence-corrected chi connectivity index (χ2v) is 5.16. The monoisotopic (exact) mass is 342 g/mol. The van der Waals surface area contributed by atoms with E-state index in [0.717, 1.165) is 16.9 Å². The molecule has 0 aliphatic rings. The number of rotatable bonds is 8. The Bertz CT molecular complexity index is 727. The van der Waals surface area contributed by atoms with Gasteiger partial charge in [-0.25, -0.2) is 5.43 Å². The third kappa shape index (κ3) is 5.53. The van der Waals surface area contributed by atoms with E-state index in [4.69, 9.17) is 14.2 Å². The number of carbonyl (C=O) groups is 1. The highest BCUT2D eigenvalue weighted by Gasteiger charge is 2.07. The van der Waals surface area contributed by atoms with Crippen LogP contribution < -0.4 is 19.6 Å². The zero-order chi connectivity index (χ0) is 18.1. The van der Waals surface area contributed by atoms with Crippen LogP contribution in [0.4, 0.5) is 0 Å². The molecule has 1 amide bonds. The minimum atomic E-state index is -0.214. The molecule has 6 heteroatoms. The van der Waals surface area contributed by atoms with Crippen molar-refractivity contribution in [2.45, 2.75) is 13.3 Å². The first-order chi connectivity index (χ1) is 12.2. The number of benzene rings is 2. The molecule has 6 nitrogen and oxygen atoms in total. The third-order valence-electron chi connectivity index (χ3n) is 3.41. The first kappa shape index (κ1) is 18.3. The number of nitrogens with zero attached hydrogens (tertiary/aromatic N) is 1. The van der Waals surface area contributed by atoms with Crippen LogP contribution in [0, 0.1) is 0 Å². The molecule has 2 rings (SSSR count). The third-order valence-corrected chi connectivity index (χ3v) is 3.41. The lowest BCUT2D eigenvalue weighted by atomic mass is 10.1. The van der Waals surface area contributed by atoms with E-state index >= 15 is 0 Å². The van der Waals surface area contributed by atoms with Crippen molar-refractivity contribution in [3.05, 3.63) is 53.6 Å². The summed E-state index contributed by atoms with van der Waals surface area (Å²) in [5, 5.41) is 3.97. The van der Waals surface area contributed by atoms with Gasteiger partial charge in [0.05, 0.1) is 33.5 Å². The molecule has 0 unspecified atom stereocenters. The van der Waals surface area contributed by atoms with Crippen molar-refractivity contribution in [3.63, 3.8) is 0 Å². The number of hydrogen-bond donors (Lipinski definition) is 1. The summed E-state index contributed by atoms with van der Waals surface area (Å²) < 4.78 is 15.8. The predicted molar refractivity (Wildman–Crippen MR) is 96.6 cm³/mol. The highest BCUT2D eigenvalue weighted by atomic mass is 16.5. The van der Waals surface area contributed by atoms with E-state index in [1.54, 1.807) is 32.6 Å². The summed E-state index contributed by atoms with van der Waals surface area (Å²) in [5.74, 6) is 1.80. The number of methoxy groups -OCH3 is 2. The molecule has 132 valence electrons. The van der Waals surface area contributed by atoms with E-state index in [0.29, 0.717) is 18.1 Å². The number of ether oxygens (including phenoxy) is 3. The fourth-order valence-electron chi connectivity index (χ4n) is 2.21. The van der Waals surface area contributed by atoms with Gasteiger partial charge in [-0.05, 0) is 54.4 Å². The zero-order valence-corrected chi connectivity index (χ0v) is 14.6. The Morgan fingerprint density at radius 3 is 2.44 bits per heavy atom. The summed E-state index contributed by atoms with van der Waals surface area (Å²) in [4.78, 5) is 12.0. The van der Waals surface area contributed by atoms with Crippen LogP contribution >= 0.6 is 0 Å². The molecular weight excluding hydrogens is 320 g/mol. The molecule has 0 aliphatic heterocycles.